The van der Waals surface area contributed by atoms with Crippen molar-refractivity contribution in [3.63, 3.8) is 0 Å². The van der Waals surface area contributed by atoms with Crippen molar-refractivity contribution in [3.05, 3.63) is 18.0 Å². The van der Waals surface area contributed by atoms with Crippen LogP contribution < -0.4 is 5.32 Å². The van der Waals surface area contributed by atoms with Gasteiger partial charge >= 0.3 is 0 Å². The van der Waals surface area contributed by atoms with Gasteiger partial charge in [0.15, 0.2) is 0 Å². The fraction of sp³-hybridized carbons (Fsp3) is 0.833. The largest absolute Gasteiger partial charge is 0.314 e. The highest BCUT2D eigenvalue weighted by atomic mass is 15.2. The van der Waals surface area contributed by atoms with E-state index in [1.165, 1.54) is 63.4 Å². The molecule has 1 atom stereocenters. The molecule has 0 aliphatic heterocycles. The maximum absolute atomic E-state index is 4.28. The van der Waals surface area contributed by atoms with Gasteiger partial charge in [-0.3, -0.25) is 4.68 Å². The van der Waals surface area contributed by atoms with Crippen molar-refractivity contribution in [3.8, 4) is 0 Å². The molecule has 1 aromatic rings. The van der Waals surface area contributed by atoms with Gasteiger partial charge < -0.3 is 5.32 Å². The number of nitrogens with one attached hydrogen (secondary N) is 1. The lowest BCUT2D eigenvalue weighted by Gasteiger charge is -2.17. The molecule has 21 heavy (non-hydrogen) atoms. The molecule has 0 saturated carbocycles. The molecule has 3 heteroatoms. The van der Waals surface area contributed by atoms with Crippen LogP contribution in [0, 0.1) is 0 Å². The maximum Gasteiger partial charge on any atom is 0.0522 e. The average molecular weight is 293 g/mol. The average Bonchev–Trinajstić information content (AvgIpc) is 2.88. The highest BCUT2D eigenvalue weighted by Crippen LogP contribution is 2.12. The third-order valence-electron chi connectivity index (χ3n) is 4.08. The summed E-state index contributed by atoms with van der Waals surface area (Å²) in [5, 5.41) is 7.98. The van der Waals surface area contributed by atoms with Gasteiger partial charge in [-0.05, 0) is 31.4 Å². The van der Waals surface area contributed by atoms with Crippen molar-refractivity contribution in [1.29, 1.82) is 0 Å². The van der Waals surface area contributed by atoms with E-state index in [-0.39, 0.29) is 0 Å². The standard InChI is InChI=1S/C18H35N3/c1-4-6-7-8-9-10-11-12-18(19-13-5-2)14-17-15-20-21(3)16-17/h15-16,18-19H,4-14H2,1-3H3. The molecular weight excluding hydrogens is 258 g/mol. The van der Waals surface area contributed by atoms with Crippen LogP contribution >= 0.6 is 0 Å². The SMILES string of the molecule is CCCCCCCCCC(Cc1cnn(C)c1)NCCC. The van der Waals surface area contributed by atoms with E-state index in [0.29, 0.717) is 6.04 Å². The smallest absolute Gasteiger partial charge is 0.0522 e. The Morgan fingerprint density at radius 3 is 2.38 bits per heavy atom. The van der Waals surface area contributed by atoms with Crippen molar-refractivity contribution in [2.45, 2.75) is 84.1 Å². The molecule has 1 unspecified atom stereocenters. The molecule has 0 radical (unpaired) electrons. The van der Waals surface area contributed by atoms with E-state index in [9.17, 15) is 0 Å². The summed E-state index contributed by atoms with van der Waals surface area (Å²) in [5.41, 5.74) is 1.36. The van der Waals surface area contributed by atoms with Crippen LogP contribution in [-0.4, -0.2) is 22.4 Å². The predicted octanol–water partition coefficient (Wildman–Crippen LogP) is 4.47. The predicted molar refractivity (Wildman–Crippen MR) is 91.6 cm³/mol. The number of rotatable bonds is 13. The summed E-state index contributed by atoms with van der Waals surface area (Å²) in [6.45, 7) is 5.64. The van der Waals surface area contributed by atoms with Crippen molar-refractivity contribution in [2.24, 2.45) is 7.05 Å². The maximum atomic E-state index is 4.28. The lowest BCUT2D eigenvalue weighted by atomic mass is 10.0. The Bertz CT molecular complexity index is 346. The lowest BCUT2D eigenvalue weighted by Crippen LogP contribution is -2.31. The number of nitrogens with zero attached hydrogens (tertiary/aromatic N) is 2. The first-order chi connectivity index (χ1) is 10.3. The number of aromatic nitrogens is 2. The molecule has 1 heterocycles. The molecular formula is C18H35N3. The fourth-order valence-corrected chi connectivity index (χ4v) is 2.83. The Balaban J connectivity index is 2.20. The first-order valence-corrected chi connectivity index (χ1v) is 8.97. The van der Waals surface area contributed by atoms with Crippen LogP contribution in [0.3, 0.4) is 0 Å². The van der Waals surface area contributed by atoms with Gasteiger partial charge in [0.2, 0.25) is 0 Å². The summed E-state index contributed by atoms with van der Waals surface area (Å²) in [5.74, 6) is 0. The number of unbranched alkanes of at least 4 members (excludes halogenated alkanes) is 6. The van der Waals surface area contributed by atoms with Crippen molar-refractivity contribution >= 4 is 0 Å². The van der Waals surface area contributed by atoms with Crippen molar-refractivity contribution in [2.75, 3.05) is 6.54 Å². The second-order valence-corrected chi connectivity index (χ2v) is 6.29. The molecule has 1 N–H and O–H groups in total. The zero-order chi connectivity index (χ0) is 15.3. The van der Waals surface area contributed by atoms with Crippen molar-refractivity contribution < 1.29 is 0 Å². The molecule has 122 valence electrons. The van der Waals surface area contributed by atoms with Gasteiger partial charge in [-0.15, -0.1) is 0 Å². The summed E-state index contributed by atoms with van der Waals surface area (Å²) in [6, 6.07) is 0.616. The summed E-state index contributed by atoms with van der Waals surface area (Å²) < 4.78 is 1.90. The van der Waals surface area contributed by atoms with Crippen LogP contribution in [0.5, 0.6) is 0 Å². The minimum absolute atomic E-state index is 0.616. The minimum atomic E-state index is 0.616. The Labute approximate surface area is 131 Å². The second-order valence-electron chi connectivity index (χ2n) is 6.29. The second kappa shape index (κ2) is 11.8. The van der Waals surface area contributed by atoms with Crippen LogP contribution in [-0.2, 0) is 13.5 Å². The Kier molecular flexibility index (Phi) is 10.2. The van der Waals surface area contributed by atoms with Crippen LogP contribution in [0.2, 0.25) is 0 Å². The van der Waals surface area contributed by atoms with Gasteiger partial charge in [-0.25, -0.2) is 0 Å². The summed E-state index contributed by atoms with van der Waals surface area (Å²) in [6.07, 6.45) is 17.5. The molecule has 0 aliphatic rings. The van der Waals surface area contributed by atoms with E-state index in [4.69, 9.17) is 0 Å². The number of hydrogen-bond donors (Lipinski definition) is 1. The first kappa shape index (κ1) is 18.2. The molecule has 0 bridgehead atoms. The van der Waals surface area contributed by atoms with E-state index in [2.05, 4.69) is 30.5 Å². The van der Waals surface area contributed by atoms with E-state index >= 15 is 0 Å². The molecule has 1 rings (SSSR count). The van der Waals surface area contributed by atoms with E-state index in [1.807, 2.05) is 17.9 Å². The van der Waals surface area contributed by atoms with Crippen LogP contribution in [0.4, 0.5) is 0 Å². The third-order valence-corrected chi connectivity index (χ3v) is 4.08. The summed E-state index contributed by atoms with van der Waals surface area (Å²) in [4.78, 5) is 0. The van der Waals surface area contributed by atoms with Crippen LogP contribution in [0.15, 0.2) is 12.4 Å². The molecule has 0 spiro atoms. The summed E-state index contributed by atoms with van der Waals surface area (Å²) in [7, 11) is 1.99. The zero-order valence-electron chi connectivity index (χ0n) is 14.4. The highest BCUT2D eigenvalue weighted by Gasteiger charge is 2.09. The molecule has 0 fully saturated rings. The van der Waals surface area contributed by atoms with Gasteiger partial charge in [0.25, 0.3) is 0 Å². The number of hydrogen-bond acceptors (Lipinski definition) is 2. The van der Waals surface area contributed by atoms with E-state index in [0.717, 1.165) is 13.0 Å². The zero-order valence-corrected chi connectivity index (χ0v) is 14.4. The van der Waals surface area contributed by atoms with Gasteiger partial charge in [0, 0.05) is 19.3 Å². The molecule has 0 aliphatic carbocycles. The highest BCUT2D eigenvalue weighted by molar-refractivity contribution is 5.05. The quantitative estimate of drug-likeness (QED) is 0.544. The Hall–Kier alpha value is -0.830. The van der Waals surface area contributed by atoms with Gasteiger partial charge in [0.1, 0.15) is 0 Å². The van der Waals surface area contributed by atoms with Crippen LogP contribution in [0.1, 0.15) is 77.2 Å². The molecule has 0 saturated heterocycles. The normalized spacial score (nSPS) is 12.7. The van der Waals surface area contributed by atoms with E-state index in [1.54, 1.807) is 0 Å². The molecule has 3 nitrogen and oxygen atoms in total. The van der Waals surface area contributed by atoms with Crippen molar-refractivity contribution in [1.82, 2.24) is 15.1 Å². The first-order valence-electron chi connectivity index (χ1n) is 8.97. The van der Waals surface area contributed by atoms with Gasteiger partial charge in [-0.2, -0.15) is 5.10 Å². The third kappa shape index (κ3) is 8.92. The Morgan fingerprint density at radius 1 is 1.05 bits per heavy atom. The van der Waals surface area contributed by atoms with Crippen LogP contribution in [0.25, 0.3) is 0 Å². The Morgan fingerprint density at radius 2 is 1.76 bits per heavy atom. The topological polar surface area (TPSA) is 29.9 Å². The van der Waals surface area contributed by atoms with E-state index < -0.39 is 0 Å². The summed E-state index contributed by atoms with van der Waals surface area (Å²) >= 11 is 0. The fourth-order valence-electron chi connectivity index (χ4n) is 2.83. The monoisotopic (exact) mass is 293 g/mol. The molecule has 1 aromatic heterocycles. The van der Waals surface area contributed by atoms with Gasteiger partial charge in [0.05, 0.1) is 6.20 Å². The van der Waals surface area contributed by atoms with Gasteiger partial charge in [-0.1, -0.05) is 58.8 Å². The molecule has 0 aromatic carbocycles. The minimum Gasteiger partial charge on any atom is -0.314 e. The molecule has 0 amide bonds. The number of aryl methyl sites for hydroxylation is 1. The lowest BCUT2D eigenvalue weighted by molar-refractivity contribution is 0.449.